The highest BCUT2D eigenvalue weighted by molar-refractivity contribution is 6.34. The first-order valence-corrected chi connectivity index (χ1v) is 11.0. The number of likely N-dealkylation sites (N-methyl/N-ethyl adjacent to an activating group) is 1. The number of ether oxygens (including phenoxy) is 3. The molecule has 35 heavy (non-hydrogen) atoms. The van der Waals surface area contributed by atoms with Gasteiger partial charge in [-0.05, 0) is 17.7 Å². The predicted molar refractivity (Wildman–Crippen MR) is 132 cm³/mol. The Morgan fingerprint density at radius 2 is 1.51 bits per heavy atom. The van der Waals surface area contributed by atoms with E-state index in [9.17, 15) is 14.4 Å². The van der Waals surface area contributed by atoms with Crippen molar-refractivity contribution in [2.24, 2.45) is 0 Å². The average molecular weight is 497 g/mol. The lowest BCUT2D eigenvalue weighted by atomic mass is 10.1. The fourth-order valence-electron chi connectivity index (χ4n) is 3.25. The van der Waals surface area contributed by atoms with Gasteiger partial charge in [-0.25, -0.2) is 4.79 Å². The number of hydrogen-bond donors (Lipinski definition) is 1. The average Bonchev–Trinajstić information content (AvgIpc) is 2.87. The summed E-state index contributed by atoms with van der Waals surface area (Å²) in [5.74, 6) is -1.19. The van der Waals surface area contributed by atoms with Crippen molar-refractivity contribution in [3.63, 3.8) is 0 Å². The topological polar surface area (TPSA) is 94.2 Å². The number of hydrogen-bond acceptors (Lipinski definition) is 6. The van der Waals surface area contributed by atoms with Gasteiger partial charge in [0.05, 0.1) is 36.1 Å². The summed E-state index contributed by atoms with van der Waals surface area (Å²) in [5, 5.41) is 2.91. The largest absolute Gasteiger partial charge is 0.493 e. The maximum absolute atomic E-state index is 12.9. The maximum atomic E-state index is 12.9. The van der Waals surface area contributed by atoms with Gasteiger partial charge < -0.3 is 24.4 Å². The molecule has 0 aliphatic heterocycles. The highest BCUT2D eigenvalue weighted by atomic mass is 35.5. The fourth-order valence-corrected chi connectivity index (χ4v) is 3.47. The molecule has 3 rings (SSSR count). The number of nitrogens with zero attached hydrogens (tertiary/aromatic N) is 1. The second kappa shape index (κ2) is 11.9. The lowest BCUT2D eigenvalue weighted by Crippen LogP contribution is -2.31. The van der Waals surface area contributed by atoms with Crippen molar-refractivity contribution >= 4 is 35.1 Å². The van der Waals surface area contributed by atoms with E-state index in [1.54, 1.807) is 31.3 Å². The first-order valence-electron chi connectivity index (χ1n) is 10.6. The molecule has 0 aromatic heterocycles. The molecule has 0 aliphatic carbocycles. The molecule has 0 aliphatic rings. The van der Waals surface area contributed by atoms with E-state index in [0.717, 1.165) is 5.56 Å². The number of esters is 1. The number of carbonyl (C=O) groups is 3. The van der Waals surface area contributed by atoms with Crippen LogP contribution in [0.25, 0.3) is 0 Å². The Bertz CT molecular complexity index is 1220. The molecule has 0 saturated heterocycles. The molecule has 0 atom stereocenters. The number of benzene rings is 3. The molecule has 2 amide bonds. The van der Waals surface area contributed by atoms with E-state index < -0.39 is 18.5 Å². The van der Waals surface area contributed by atoms with Crippen molar-refractivity contribution in [3.05, 3.63) is 88.4 Å². The monoisotopic (exact) mass is 496 g/mol. The Labute approximate surface area is 208 Å². The van der Waals surface area contributed by atoms with Crippen molar-refractivity contribution in [1.29, 1.82) is 0 Å². The highest BCUT2D eigenvalue weighted by Gasteiger charge is 2.22. The molecule has 3 aromatic carbocycles. The van der Waals surface area contributed by atoms with Crippen LogP contribution in [0.5, 0.6) is 11.5 Å². The third-order valence-corrected chi connectivity index (χ3v) is 5.45. The molecule has 3 aromatic rings. The lowest BCUT2D eigenvalue weighted by molar-refractivity contribution is -0.133. The summed E-state index contributed by atoms with van der Waals surface area (Å²) < 4.78 is 15.8. The maximum Gasteiger partial charge on any atom is 0.340 e. The van der Waals surface area contributed by atoms with Gasteiger partial charge in [0.25, 0.3) is 11.8 Å². The zero-order valence-corrected chi connectivity index (χ0v) is 20.3. The zero-order valence-electron chi connectivity index (χ0n) is 19.5. The standard InChI is InChI=1S/C26H25ClN2O6/c1-29(15-17-9-5-4-6-10-17)24(30)16-35-26(32)19-13-22(33-2)23(34-3)14-21(19)28-25(31)18-11-7-8-12-20(18)27/h4-14H,15-16H2,1-3H3,(H,28,31). The van der Waals surface area contributed by atoms with Crippen LogP contribution < -0.4 is 14.8 Å². The van der Waals surface area contributed by atoms with Gasteiger partial charge in [-0.2, -0.15) is 0 Å². The SMILES string of the molecule is COc1cc(NC(=O)c2ccccc2Cl)c(C(=O)OCC(=O)N(C)Cc2ccccc2)cc1OC. The minimum absolute atomic E-state index is 0.0124. The van der Waals surface area contributed by atoms with Crippen LogP contribution in [0.4, 0.5) is 5.69 Å². The van der Waals surface area contributed by atoms with Crippen LogP contribution >= 0.6 is 11.6 Å². The number of rotatable bonds is 9. The van der Waals surface area contributed by atoms with Gasteiger partial charge in [0.2, 0.25) is 0 Å². The van der Waals surface area contributed by atoms with Crippen LogP contribution in [0, 0.1) is 0 Å². The third-order valence-electron chi connectivity index (χ3n) is 5.13. The Morgan fingerprint density at radius 1 is 0.886 bits per heavy atom. The van der Waals surface area contributed by atoms with Crippen molar-refractivity contribution in [2.75, 3.05) is 33.2 Å². The number of methoxy groups -OCH3 is 2. The molecule has 1 N–H and O–H groups in total. The quantitative estimate of drug-likeness (QED) is 0.440. The smallest absolute Gasteiger partial charge is 0.340 e. The molecule has 9 heteroatoms. The van der Waals surface area contributed by atoms with Gasteiger partial charge in [-0.15, -0.1) is 0 Å². The third kappa shape index (κ3) is 6.51. The van der Waals surface area contributed by atoms with E-state index in [0.29, 0.717) is 6.54 Å². The summed E-state index contributed by atoms with van der Waals surface area (Å²) in [5.41, 5.74) is 1.27. The fraction of sp³-hybridized carbons (Fsp3) is 0.192. The first kappa shape index (κ1) is 25.6. The predicted octanol–water partition coefficient (Wildman–Crippen LogP) is 4.42. The molecule has 0 unspecified atom stereocenters. The molecular formula is C26H25ClN2O6. The summed E-state index contributed by atoms with van der Waals surface area (Å²) in [6.45, 7) is -0.110. The number of halogens is 1. The molecular weight excluding hydrogens is 472 g/mol. The first-order chi connectivity index (χ1) is 16.8. The van der Waals surface area contributed by atoms with E-state index in [1.807, 2.05) is 30.3 Å². The van der Waals surface area contributed by atoms with E-state index in [2.05, 4.69) is 5.32 Å². The van der Waals surface area contributed by atoms with Crippen LogP contribution in [-0.4, -0.2) is 50.6 Å². The van der Waals surface area contributed by atoms with Gasteiger partial charge in [-0.1, -0.05) is 54.1 Å². The minimum Gasteiger partial charge on any atom is -0.493 e. The van der Waals surface area contributed by atoms with Crippen LogP contribution in [-0.2, 0) is 16.1 Å². The normalized spacial score (nSPS) is 10.3. The van der Waals surface area contributed by atoms with Crippen molar-refractivity contribution in [1.82, 2.24) is 4.90 Å². The van der Waals surface area contributed by atoms with Crippen LogP contribution in [0.15, 0.2) is 66.7 Å². The Kier molecular flexibility index (Phi) is 8.69. The van der Waals surface area contributed by atoms with E-state index in [-0.39, 0.29) is 39.2 Å². The lowest BCUT2D eigenvalue weighted by Gasteiger charge is -2.18. The molecule has 0 heterocycles. The summed E-state index contributed by atoms with van der Waals surface area (Å²) in [6, 6.07) is 18.8. The summed E-state index contributed by atoms with van der Waals surface area (Å²) in [4.78, 5) is 39.7. The molecule has 0 fully saturated rings. The van der Waals surface area contributed by atoms with Gasteiger partial charge in [0.1, 0.15) is 0 Å². The van der Waals surface area contributed by atoms with Gasteiger partial charge in [0, 0.05) is 25.7 Å². The van der Waals surface area contributed by atoms with Crippen molar-refractivity contribution in [3.8, 4) is 11.5 Å². The Hall–Kier alpha value is -4.04. The summed E-state index contributed by atoms with van der Waals surface area (Å²) in [7, 11) is 4.46. The molecule has 0 saturated carbocycles. The van der Waals surface area contributed by atoms with Crippen LogP contribution in [0.1, 0.15) is 26.3 Å². The van der Waals surface area contributed by atoms with Gasteiger partial charge >= 0.3 is 5.97 Å². The second-order valence-electron chi connectivity index (χ2n) is 7.50. The Balaban J connectivity index is 1.78. The van der Waals surface area contributed by atoms with Crippen molar-refractivity contribution < 1.29 is 28.6 Å². The molecule has 182 valence electrons. The van der Waals surface area contributed by atoms with E-state index in [1.165, 1.54) is 31.3 Å². The summed E-state index contributed by atoms with van der Waals surface area (Å²) in [6.07, 6.45) is 0. The minimum atomic E-state index is -0.818. The van der Waals surface area contributed by atoms with E-state index in [4.69, 9.17) is 25.8 Å². The molecule has 8 nitrogen and oxygen atoms in total. The van der Waals surface area contributed by atoms with E-state index >= 15 is 0 Å². The Morgan fingerprint density at radius 3 is 2.17 bits per heavy atom. The number of carbonyl (C=O) groups excluding carboxylic acids is 3. The second-order valence-corrected chi connectivity index (χ2v) is 7.91. The van der Waals surface area contributed by atoms with Gasteiger partial charge in [-0.3, -0.25) is 9.59 Å². The number of amides is 2. The van der Waals surface area contributed by atoms with Crippen LogP contribution in [0.3, 0.4) is 0 Å². The number of anilines is 1. The molecule has 0 radical (unpaired) electrons. The summed E-state index contributed by atoms with van der Waals surface area (Å²) >= 11 is 6.13. The molecule has 0 spiro atoms. The highest BCUT2D eigenvalue weighted by Crippen LogP contribution is 2.34. The zero-order chi connectivity index (χ0) is 25.4. The molecule has 0 bridgehead atoms. The number of nitrogens with one attached hydrogen (secondary N) is 1. The van der Waals surface area contributed by atoms with Crippen molar-refractivity contribution in [2.45, 2.75) is 6.54 Å². The van der Waals surface area contributed by atoms with Gasteiger partial charge in [0.15, 0.2) is 18.1 Å². The van der Waals surface area contributed by atoms with Crippen LogP contribution in [0.2, 0.25) is 5.02 Å².